The van der Waals surface area contributed by atoms with Crippen LogP contribution in [-0.2, 0) is 16.1 Å². The van der Waals surface area contributed by atoms with Crippen molar-refractivity contribution in [2.45, 2.75) is 38.7 Å². The van der Waals surface area contributed by atoms with Crippen molar-refractivity contribution in [3.8, 4) is 11.8 Å². The van der Waals surface area contributed by atoms with Gasteiger partial charge in [-0.15, -0.1) is 5.92 Å². The molecule has 100 valence electrons. The third-order valence-corrected chi connectivity index (χ3v) is 3.25. The van der Waals surface area contributed by atoms with Crippen LogP contribution in [-0.4, -0.2) is 12.4 Å². The van der Waals surface area contributed by atoms with Crippen molar-refractivity contribution >= 4 is 5.78 Å². The average molecular weight is 256 g/mol. The van der Waals surface area contributed by atoms with Gasteiger partial charge in [0.1, 0.15) is 5.78 Å². The van der Waals surface area contributed by atoms with Crippen LogP contribution in [0.4, 0.5) is 0 Å². The van der Waals surface area contributed by atoms with Crippen LogP contribution in [0.3, 0.4) is 0 Å². The highest BCUT2D eigenvalue weighted by Gasteiger charge is 2.19. The molecule has 1 saturated carbocycles. The van der Waals surface area contributed by atoms with Crippen LogP contribution in [0.5, 0.6) is 0 Å². The van der Waals surface area contributed by atoms with Crippen LogP contribution in [0.2, 0.25) is 0 Å². The molecule has 0 spiro atoms. The van der Waals surface area contributed by atoms with E-state index in [4.69, 9.17) is 4.74 Å². The van der Waals surface area contributed by atoms with Crippen molar-refractivity contribution in [2.75, 3.05) is 6.61 Å². The Morgan fingerprint density at radius 3 is 2.84 bits per heavy atom. The molecule has 0 bridgehead atoms. The Morgan fingerprint density at radius 1 is 1.26 bits per heavy atom. The van der Waals surface area contributed by atoms with E-state index in [0.717, 1.165) is 32.3 Å². The van der Waals surface area contributed by atoms with Crippen LogP contribution in [0, 0.1) is 17.8 Å². The number of hydrogen-bond donors (Lipinski definition) is 0. The minimum Gasteiger partial charge on any atom is -0.377 e. The Labute approximate surface area is 115 Å². The molecule has 0 aromatic heterocycles. The molecule has 0 saturated heterocycles. The Bertz CT molecular complexity index is 453. The standard InChI is InChI=1S/C17H20O2/c18-17-11-10-15(13-17)7-5-2-6-12-19-14-16-8-3-1-4-9-16/h1,3-4,8-9,15H,2,6,10-14H2. The van der Waals surface area contributed by atoms with E-state index in [9.17, 15) is 4.79 Å². The number of carbonyl (C=O) groups is 1. The topological polar surface area (TPSA) is 26.3 Å². The van der Waals surface area contributed by atoms with Crippen molar-refractivity contribution in [1.82, 2.24) is 0 Å². The number of Topliss-reactive ketones (excluding diaryl/α,β-unsaturated/α-hetero) is 1. The van der Waals surface area contributed by atoms with Crippen LogP contribution in [0.15, 0.2) is 30.3 Å². The third kappa shape index (κ3) is 5.28. The summed E-state index contributed by atoms with van der Waals surface area (Å²) in [4.78, 5) is 11.1. The van der Waals surface area contributed by atoms with Gasteiger partial charge in [0.2, 0.25) is 0 Å². The molecule has 0 amide bonds. The second-order valence-electron chi connectivity index (χ2n) is 4.94. The highest BCUT2D eigenvalue weighted by Crippen LogP contribution is 2.20. The molecular formula is C17H20O2. The summed E-state index contributed by atoms with van der Waals surface area (Å²) in [6, 6.07) is 10.2. The van der Waals surface area contributed by atoms with Crippen LogP contribution in [0.25, 0.3) is 0 Å². The minimum atomic E-state index is 0.317. The lowest BCUT2D eigenvalue weighted by molar-refractivity contribution is -0.117. The Kier molecular flexibility index (Phi) is 5.65. The second kappa shape index (κ2) is 7.76. The molecule has 1 aromatic carbocycles. The maximum atomic E-state index is 11.1. The van der Waals surface area contributed by atoms with Crippen molar-refractivity contribution in [3.63, 3.8) is 0 Å². The molecule has 2 heteroatoms. The van der Waals surface area contributed by atoms with Gasteiger partial charge < -0.3 is 4.74 Å². The second-order valence-corrected chi connectivity index (χ2v) is 4.94. The van der Waals surface area contributed by atoms with E-state index in [1.54, 1.807) is 0 Å². The molecule has 1 aromatic rings. The van der Waals surface area contributed by atoms with Crippen LogP contribution < -0.4 is 0 Å². The van der Waals surface area contributed by atoms with Gasteiger partial charge in [0.15, 0.2) is 0 Å². The summed E-state index contributed by atoms with van der Waals surface area (Å²) >= 11 is 0. The summed E-state index contributed by atoms with van der Waals surface area (Å²) in [5.41, 5.74) is 1.21. The third-order valence-electron chi connectivity index (χ3n) is 3.25. The van der Waals surface area contributed by atoms with Gasteiger partial charge in [-0.25, -0.2) is 0 Å². The van der Waals surface area contributed by atoms with E-state index in [2.05, 4.69) is 24.0 Å². The summed E-state index contributed by atoms with van der Waals surface area (Å²) in [7, 11) is 0. The lowest BCUT2D eigenvalue weighted by Crippen LogP contribution is -1.95. The molecule has 0 heterocycles. The fourth-order valence-corrected chi connectivity index (χ4v) is 2.18. The fraction of sp³-hybridized carbons (Fsp3) is 0.471. The summed E-state index contributed by atoms with van der Waals surface area (Å²) in [6.45, 7) is 1.42. The molecular weight excluding hydrogens is 236 g/mol. The normalized spacial score (nSPS) is 18.1. The molecule has 1 unspecified atom stereocenters. The Morgan fingerprint density at radius 2 is 2.11 bits per heavy atom. The van der Waals surface area contributed by atoms with E-state index < -0.39 is 0 Å². The maximum absolute atomic E-state index is 11.1. The van der Waals surface area contributed by atoms with E-state index in [-0.39, 0.29) is 0 Å². The first-order valence-electron chi connectivity index (χ1n) is 6.96. The smallest absolute Gasteiger partial charge is 0.134 e. The molecule has 2 nitrogen and oxygen atoms in total. The van der Waals surface area contributed by atoms with Crippen molar-refractivity contribution < 1.29 is 9.53 Å². The van der Waals surface area contributed by atoms with Crippen molar-refractivity contribution in [3.05, 3.63) is 35.9 Å². The van der Waals surface area contributed by atoms with Gasteiger partial charge in [0.05, 0.1) is 6.61 Å². The number of hydrogen-bond acceptors (Lipinski definition) is 2. The Balaban J connectivity index is 1.53. The van der Waals surface area contributed by atoms with Gasteiger partial charge in [0.25, 0.3) is 0 Å². The van der Waals surface area contributed by atoms with E-state index >= 15 is 0 Å². The molecule has 0 aliphatic heterocycles. The number of benzene rings is 1. The van der Waals surface area contributed by atoms with Gasteiger partial charge >= 0.3 is 0 Å². The zero-order valence-electron chi connectivity index (χ0n) is 11.2. The molecule has 1 fully saturated rings. The van der Waals surface area contributed by atoms with Gasteiger partial charge in [-0.3, -0.25) is 4.79 Å². The number of rotatable bonds is 5. The lowest BCUT2D eigenvalue weighted by atomic mass is 10.1. The highest BCUT2D eigenvalue weighted by atomic mass is 16.5. The average Bonchev–Trinajstić information content (AvgIpc) is 2.85. The molecule has 1 atom stereocenters. The van der Waals surface area contributed by atoms with Gasteiger partial charge in [-0.1, -0.05) is 36.3 Å². The largest absolute Gasteiger partial charge is 0.377 e. The quantitative estimate of drug-likeness (QED) is 0.596. The fourth-order valence-electron chi connectivity index (χ4n) is 2.18. The van der Waals surface area contributed by atoms with Crippen molar-refractivity contribution in [1.29, 1.82) is 0 Å². The zero-order valence-corrected chi connectivity index (χ0v) is 11.2. The minimum absolute atomic E-state index is 0.317. The van der Waals surface area contributed by atoms with Crippen LogP contribution in [0.1, 0.15) is 37.7 Å². The molecule has 0 N–H and O–H groups in total. The molecule has 1 aliphatic carbocycles. The first-order chi connectivity index (χ1) is 9.34. The summed E-state index contributed by atoms with van der Waals surface area (Å²) < 4.78 is 5.59. The predicted octanol–water partition coefficient (Wildman–Crippen LogP) is 3.36. The number of ketones is 1. The summed E-state index contributed by atoms with van der Waals surface area (Å²) in [6.07, 6.45) is 4.16. The molecule has 2 rings (SSSR count). The van der Waals surface area contributed by atoms with Gasteiger partial charge in [-0.2, -0.15) is 0 Å². The summed E-state index contributed by atoms with van der Waals surface area (Å²) in [5.74, 6) is 7.04. The van der Waals surface area contributed by atoms with E-state index in [0.29, 0.717) is 24.7 Å². The predicted molar refractivity (Wildman–Crippen MR) is 75.5 cm³/mol. The van der Waals surface area contributed by atoms with E-state index in [1.165, 1.54) is 5.56 Å². The Hall–Kier alpha value is -1.59. The highest BCUT2D eigenvalue weighted by molar-refractivity contribution is 5.81. The molecule has 1 aliphatic rings. The molecule has 19 heavy (non-hydrogen) atoms. The number of unbranched alkanes of at least 4 members (excludes halogenated alkanes) is 1. The van der Waals surface area contributed by atoms with Crippen molar-refractivity contribution in [2.24, 2.45) is 5.92 Å². The van der Waals surface area contributed by atoms with Gasteiger partial charge in [-0.05, 0) is 18.4 Å². The molecule has 0 radical (unpaired) electrons. The first-order valence-corrected chi connectivity index (χ1v) is 6.96. The summed E-state index contributed by atoms with van der Waals surface area (Å²) in [5, 5.41) is 0. The van der Waals surface area contributed by atoms with E-state index in [1.807, 2.05) is 18.2 Å². The zero-order chi connectivity index (χ0) is 13.3. The first kappa shape index (κ1) is 13.8. The number of ether oxygens (including phenoxy) is 1. The monoisotopic (exact) mass is 256 g/mol. The SMILES string of the molecule is O=C1CCC(C#CCCCOCc2ccccc2)C1. The van der Waals surface area contributed by atoms with Gasteiger partial charge in [0, 0.05) is 31.8 Å². The number of carbonyl (C=O) groups excluding carboxylic acids is 1. The van der Waals surface area contributed by atoms with Crippen LogP contribution >= 0.6 is 0 Å². The lowest BCUT2D eigenvalue weighted by Gasteiger charge is -2.02. The maximum Gasteiger partial charge on any atom is 0.134 e.